The molecule has 0 bridgehead atoms. The van der Waals surface area contributed by atoms with Crippen molar-refractivity contribution in [3.63, 3.8) is 0 Å². The molecule has 2 aromatic rings. The second kappa shape index (κ2) is 4.75. The van der Waals surface area contributed by atoms with Gasteiger partial charge in [0.1, 0.15) is 5.15 Å². The highest BCUT2D eigenvalue weighted by Crippen LogP contribution is 2.12. The zero-order chi connectivity index (χ0) is 10.5. The van der Waals surface area contributed by atoms with Gasteiger partial charge in [-0.05, 0) is 24.3 Å². The van der Waals surface area contributed by atoms with Gasteiger partial charge in [0.15, 0.2) is 0 Å². The minimum Gasteiger partial charge on any atom is -0.379 e. The number of halogens is 1. The second-order valence-corrected chi connectivity index (χ2v) is 3.43. The summed E-state index contributed by atoms with van der Waals surface area (Å²) in [6, 6.07) is 9.48. The van der Waals surface area contributed by atoms with Gasteiger partial charge in [-0.2, -0.15) is 0 Å². The zero-order valence-electron chi connectivity index (χ0n) is 8.02. The van der Waals surface area contributed by atoms with Gasteiger partial charge in [-0.15, -0.1) is 0 Å². The molecule has 0 amide bonds. The van der Waals surface area contributed by atoms with Gasteiger partial charge in [-0.1, -0.05) is 17.7 Å². The molecule has 0 fully saturated rings. The van der Waals surface area contributed by atoms with E-state index in [-0.39, 0.29) is 0 Å². The smallest absolute Gasteiger partial charge is 0.131 e. The lowest BCUT2D eigenvalue weighted by atomic mass is 10.3. The van der Waals surface area contributed by atoms with Crippen LogP contribution in [0.15, 0.2) is 42.7 Å². The Bertz CT molecular complexity index is 431. The van der Waals surface area contributed by atoms with E-state index in [0.29, 0.717) is 11.7 Å². The van der Waals surface area contributed by atoms with E-state index in [1.807, 2.05) is 24.3 Å². The lowest BCUT2D eigenvalue weighted by molar-refractivity contribution is 1.04. The molecule has 0 unspecified atom stereocenters. The van der Waals surface area contributed by atoms with E-state index in [1.165, 1.54) is 0 Å². The summed E-state index contributed by atoms with van der Waals surface area (Å²) in [6.45, 7) is 0.682. The van der Waals surface area contributed by atoms with E-state index in [9.17, 15) is 0 Å². The largest absolute Gasteiger partial charge is 0.379 e. The summed E-state index contributed by atoms with van der Waals surface area (Å²) in [7, 11) is 0. The molecule has 0 atom stereocenters. The van der Waals surface area contributed by atoms with Crippen molar-refractivity contribution >= 4 is 17.3 Å². The van der Waals surface area contributed by atoms with Crippen LogP contribution in [0.1, 0.15) is 5.69 Å². The maximum atomic E-state index is 5.76. The van der Waals surface area contributed by atoms with E-state index in [1.54, 1.807) is 18.5 Å². The number of aromatic nitrogens is 2. The standard InChI is InChI=1S/C11H10ClN3/c12-11-7-9(4-6-14-11)15-8-10-3-1-2-5-13-10/h1-7H,8H2,(H,14,15). The molecule has 3 nitrogen and oxygen atoms in total. The summed E-state index contributed by atoms with van der Waals surface area (Å²) in [5.74, 6) is 0. The Balaban J connectivity index is 1.99. The van der Waals surface area contributed by atoms with Gasteiger partial charge in [0.2, 0.25) is 0 Å². The normalized spacial score (nSPS) is 9.93. The zero-order valence-corrected chi connectivity index (χ0v) is 8.78. The summed E-state index contributed by atoms with van der Waals surface area (Å²) >= 11 is 5.76. The van der Waals surface area contributed by atoms with Crippen molar-refractivity contribution in [2.75, 3.05) is 5.32 Å². The first kappa shape index (κ1) is 9.93. The van der Waals surface area contributed by atoms with Crippen molar-refractivity contribution in [1.29, 1.82) is 0 Å². The first-order valence-corrected chi connectivity index (χ1v) is 4.98. The van der Waals surface area contributed by atoms with Crippen molar-refractivity contribution < 1.29 is 0 Å². The SMILES string of the molecule is Clc1cc(NCc2ccccn2)ccn1. The van der Waals surface area contributed by atoms with Crippen LogP contribution in [0, 0.1) is 0 Å². The van der Waals surface area contributed by atoms with E-state index < -0.39 is 0 Å². The van der Waals surface area contributed by atoms with E-state index >= 15 is 0 Å². The molecule has 2 heterocycles. The second-order valence-electron chi connectivity index (χ2n) is 3.04. The van der Waals surface area contributed by atoms with Crippen LogP contribution in [0.5, 0.6) is 0 Å². The van der Waals surface area contributed by atoms with Gasteiger partial charge in [-0.3, -0.25) is 4.98 Å². The molecule has 4 heteroatoms. The van der Waals surface area contributed by atoms with Crippen molar-refractivity contribution in [1.82, 2.24) is 9.97 Å². The third kappa shape index (κ3) is 2.92. The van der Waals surface area contributed by atoms with E-state index in [0.717, 1.165) is 11.4 Å². The first-order chi connectivity index (χ1) is 7.34. The minimum atomic E-state index is 0.487. The van der Waals surface area contributed by atoms with Crippen molar-refractivity contribution in [3.05, 3.63) is 53.6 Å². The minimum absolute atomic E-state index is 0.487. The number of nitrogens with zero attached hydrogens (tertiary/aromatic N) is 2. The predicted molar refractivity (Wildman–Crippen MR) is 60.8 cm³/mol. The van der Waals surface area contributed by atoms with Gasteiger partial charge in [0, 0.05) is 18.1 Å². The highest BCUT2D eigenvalue weighted by Gasteiger charge is 1.95. The fourth-order valence-electron chi connectivity index (χ4n) is 1.21. The van der Waals surface area contributed by atoms with E-state index in [2.05, 4.69) is 15.3 Å². The molecule has 0 aliphatic heterocycles. The Morgan fingerprint density at radius 3 is 2.80 bits per heavy atom. The molecular weight excluding hydrogens is 210 g/mol. The van der Waals surface area contributed by atoms with Crippen LogP contribution < -0.4 is 5.32 Å². The van der Waals surface area contributed by atoms with Crippen LogP contribution in [-0.2, 0) is 6.54 Å². The van der Waals surface area contributed by atoms with Gasteiger partial charge in [0.05, 0.1) is 12.2 Å². The average molecular weight is 220 g/mol. The number of nitrogens with one attached hydrogen (secondary N) is 1. The summed E-state index contributed by atoms with van der Waals surface area (Å²) in [6.07, 6.45) is 3.44. The fourth-order valence-corrected chi connectivity index (χ4v) is 1.38. The summed E-state index contributed by atoms with van der Waals surface area (Å²) in [4.78, 5) is 8.11. The van der Waals surface area contributed by atoms with Crippen LogP contribution >= 0.6 is 11.6 Å². The van der Waals surface area contributed by atoms with Gasteiger partial charge < -0.3 is 5.32 Å². The molecule has 1 N–H and O–H groups in total. The summed E-state index contributed by atoms with van der Waals surface area (Å²) in [5, 5.41) is 3.70. The molecule has 0 aromatic carbocycles. The van der Waals surface area contributed by atoms with Crippen LogP contribution in [0.2, 0.25) is 5.15 Å². The Labute approximate surface area is 93.1 Å². The van der Waals surface area contributed by atoms with E-state index in [4.69, 9.17) is 11.6 Å². The Morgan fingerprint density at radius 1 is 1.13 bits per heavy atom. The lowest BCUT2D eigenvalue weighted by Crippen LogP contribution is -2.00. The van der Waals surface area contributed by atoms with Crippen LogP contribution in [0.25, 0.3) is 0 Å². The van der Waals surface area contributed by atoms with Gasteiger partial charge in [-0.25, -0.2) is 4.98 Å². The predicted octanol–water partition coefficient (Wildman–Crippen LogP) is 2.74. The molecule has 0 spiro atoms. The highest BCUT2D eigenvalue weighted by atomic mass is 35.5. The molecule has 76 valence electrons. The number of anilines is 1. The first-order valence-electron chi connectivity index (χ1n) is 4.60. The number of hydrogen-bond acceptors (Lipinski definition) is 3. The highest BCUT2D eigenvalue weighted by molar-refractivity contribution is 6.29. The third-order valence-electron chi connectivity index (χ3n) is 1.93. The van der Waals surface area contributed by atoms with Crippen molar-refractivity contribution in [2.24, 2.45) is 0 Å². The molecule has 0 radical (unpaired) electrons. The third-order valence-corrected chi connectivity index (χ3v) is 2.13. The molecule has 0 aliphatic rings. The van der Waals surface area contributed by atoms with Crippen LogP contribution in [0.3, 0.4) is 0 Å². The van der Waals surface area contributed by atoms with Gasteiger partial charge >= 0.3 is 0 Å². The summed E-state index contributed by atoms with van der Waals surface area (Å²) in [5.41, 5.74) is 1.94. The number of pyridine rings is 2. The molecule has 2 aromatic heterocycles. The molecule has 0 saturated carbocycles. The fraction of sp³-hybridized carbons (Fsp3) is 0.0909. The number of hydrogen-bond donors (Lipinski definition) is 1. The topological polar surface area (TPSA) is 37.8 Å². The Morgan fingerprint density at radius 2 is 2.07 bits per heavy atom. The number of rotatable bonds is 3. The van der Waals surface area contributed by atoms with Crippen molar-refractivity contribution in [2.45, 2.75) is 6.54 Å². The molecule has 0 saturated heterocycles. The van der Waals surface area contributed by atoms with Crippen LogP contribution in [0.4, 0.5) is 5.69 Å². The Kier molecular flexibility index (Phi) is 3.15. The van der Waals surface area contributed by atoms with Crippen molar-refractivity contribution in [3.8, 4) is 0 Å². The van der Waals surface area contributed by atoms with Crippen LogP contribution in [-0.4, -0.2) is 9.97 Å². The molecule has 15 heavy (non-hydrogen) atoms. The summed E-state index contributed by atoms with van der Waals surface area (Å²) < 4.78 is 0. The monoisotopic (exact) mass is 219 g/mol. The average Bonchev–Trinajstić information content (AvgIpc) is 2.28. The molecule has 2 rings (SSSR count). The van der Waals surface area contributed by atoms with Gasteiger partial charge in [0.25, 0.3) is 0 Å². The molecule has 0 aliphatic carbocycles. The quantitative estimate of drug-likeness (QED) is 0.807. The lowest BCUT2D eigenvalue weighted by Gasteiger charge is -2.05. The maximum Gasteiger partial charge on any atom is 0.131 e. The molecular formula is C11H10ClN3. The Hall–Kier alpha value is -1.61. The maximum absolute atomic E-state index is 5.76.